The number of halogens is 1. The zero-order chi connectivity index (χ0) is 16.2. The zero-order valence-corrected chi connectivity index (χ0v) is 14.2. The minimum atomic E-state index is -0.356. The lowest BCUT2D eigenvalue weighted by Gasteiger charge is -2.34. The molecule has 0 aromatic heterocycles. The molecule has 1 aliphatic heterocycles. The van der Waals surface area contributed by atoms with Gasteiger partial charge in [0.05, 0.1) is 11.5 Å². The van der Waals surface area contributed by atoms with Gasteiger partial charge < -0.3 is 14.8 Å². The highest BCUT2D eigenvalue weighted by atomic mass is 35.5. The molecule has 22 heavy (non-hydrogen) atoms. The summed E-state index contributed by atoms with van der Waals surface area (Å²) in [5, 5.41) is 3.79. The minimum Gasteiger partial charge on any atom is -0.381 e. The molecular formula is C17H24ClNO3. The van der Waals surface area contributed by atoms with Crippen molar-refractivity contribution < 1.29 is 14.3 Å². The molecule has 5 heteroatoms. The van der Waals surface area contributed by atoms with Gasteiger partial charge in [-0.3, -0.25) is 4.79 Å². The maximum absolute atomic E-state index is 12.6. The van der Waals surface area contributed by atoms with Gasteiger partial charge in [-0.05, 0) is 37.5 Å². The monoisotopic (exact) mass is 325 g/mol. The van der Waals surface area contributed by atoms with Crippen molar-refractivity contribution in [2.75, 3.05) is 20.3 Å². The summed E-state index contributed by atoms with van der Waals surface area (Å²) in [6.07, 6.45) is 1.30. The second kappa shape index (κ2) is 7.44. The highest BCUT2D eigenvalue weighted by Gasteiger charge is 2.36. The molecule has 1 N–H and O–H groups in total. The number of carbonyl (C=O) groups excluding carboxylic acids is 1. The Morgan fingerprint density at radius 3 is 2.45 bits per heavy atom. The summed E-state index contributed by atoms with van der Waals surface area (Å²) < 4.78 is 10.9. The van der Waals surface area contributed by atoms with Crippen LogP contribution in [0.15, 0.2) is 24.3 Å². The van der Waals surface area contributed by atoms with Crippen LogP contribution in [0.2, 0.25) is 5.02 Å². The van der Waals surface area contributed by atoms with Crippen molar-refractivity contribution in [1.29, 1.82) is 0 Å². The van der Waals surface area contributed by atoms with E-state index in [-0.39, 0.29) is 23.5 Å². The van der Waals surface area contributed by atoms with E-state index < -0.39 is 0 Å². The molecule has 0 radical (unpaired) electrons. The van der Waals surface area contributed by atoms with Crippen LogP contribution >= 0.6 is 11.6 Å². The highest BCUT2D eigenvalue weighted by molar-refractivity contribution is 6.30. The van der Waals surface area contributed by atoms with E-state index in [1.807, 2.05) is 38.1 Å². The van der Waals surface area contributed by atoms with Crippen LogP contribution in [0.4, 0.5) is 0 Å². The number of nitrogens with one attached hydrogen (secondary N) is 1. The molecule has 0 aliphatic carbocycles. The lowest BCUT2D eigenvalue weighted by Crippen LogP contribution is -2.47. The lowest BCUT2D eigenvalue weighted by atomic mass is 9.81. The summed E-state index contributed by atoms with van der Waals surface area (Å²) >= 11 is 5.92. The van der Waals surface area contributed by atoms with E-state index in [4.69, 9.17) is 21.1 Å². The Kier molecular flexibility index (Phi) is 5.84. The normalized spacial score (nSPS) is 20.2. The number of hydrogen-bond donors (Lipinski definition) is 1. The fraction of sp³-hybridized carbons (Fsp3) is 0.588. The van der Waals surface area contributed by atoms with Gasteiger partial charge in [-0.1, -0.05) is 30.7 Å². The molecule has 1 fully saturated rings. The molecular weight excluding hydrogens is 302 g/mol. The number of rotatable bonds is 5. The Hall–Kier alpha value is -1.10. The van der Waals surface area contributed by atoms with E-state index in [9.17, 15) is 4.79 Å². The van der Waals surface area contributed by atoms with Crippen LogP contribution in [0.1, 0.15) is 38.4 Å². The van der Waals surface area contributed by atoms with E-state index in [1.165, 1.54) is 0 Å². The fourth-order valence-corrected chi connectivity index (χ4v) is 2.91. The van der Waals surface area contributed by atoms with Gasteiger partial charge in [-0.2, -0.15) is 0 Å². The van der Waals surface area contributed by atoms with Crippen LogP contribution in [-0.2, 0) is 14.3 Å². The molecule has 0 bridgehead atoms. The summed E-state index contributed by atoms with van der Waals surface area (Å²) in [5.74, 6) is 0.0688. The van der Waals surface area contributed by atoms with Gasteiger partial charge in [0.2, 0.25) is 5.91 Å². The van der Waals surface area contributed by atoms with E-state index in [2.05, 4.69) is 5.32 Å². The quantitative estimate of drug-likeness (QED) is 0.903. The van der Waals surface area contributed by atoms with Gasteiger partial charge >= 0.3 is 0 Å². The molecule has 0 unspecified atom stereocenters. The first-order chi connectivity index (χ1) is 10.5. The van der Waals surface area contributed by atoms with Crippen LogP contribution in [0.5, 0.6) is 0 Å². The Bertz CT molecular complexity index is 497. The van der Waals surface area contributed by atoms with E-state index >= 15 is 0 Å². The third-order valence-corrected chi connectivity index (χ3v) is 4.66. The summed E-state index contributed by atoms with van der Waals surface area (Å²) in [4.78, 5) is 12.6. The first kappa shape index (κ1) is 17.3. The van der Waals surface area contributed by atoms with Crippen LogP contribution < -0.4 is 5.32 Å². The molecule has 1 aromatic rings. The molecule has 122 valence electrons. The van der Waals surface area contributed by atoms with Crippen molar-refractivity contribution in [2.24, 2.45) is 5.41 Å². The summed E-state index contributed by atoms with van der Waals surface area (Å²) in [5.41, 5.74) is 0.641. The third-order valence-electron chi connectivity index (χ3n) is 4.41. The number of ether oxygens (including phenoxy) is 2. The standard InChI is InChI=1S/C17H24ClNO3/c1-12(15(21-3)13-4-6-14(18)7-5-13)19-16(20)17(2)8-10-22-11-9-17/h4-7,12,15H,8-11H2,1-3H3,(H,19,20)/t12-,15-/m0/s1. The van der Waals surface area contributed by atoms with Crippen molar-refractivity contribution in [3.63, 3.8) is 0 Å². The molecule has 1 saturated heterocycles. The van der Waals surface area contributed by atoms with Crippen LogP contribution in [-0.4, -0.2) is 32.3 Å². The molecule has 4 nitrogen and oxygen atoms in total. The van der Waals surface area contributed by atoms with E-state index in [0.29, 0.717) is 18.2 Å². The third kappa shape index (κ3) is 4.00. The van der Waals surface area contributed by atoms with Crippen molar-refractivity contribution >= 4 is 17.5 Å². The minimum absolute atomic E-state index is 0.0688. The molecule has 1 amide bonds. The molecule has 1 aliphatic rings. The maximum atomic E-state index is 12.6. The first-order valence-corrected chi connectivity index (χ1v) is 8.01. The van der Waals surface area contributed by atoms with Gasteiger partial charge in [0.1, 0.15) is 6.10 Å². The summed E-state index contributed by atoms with van der Waals surface area (Å²) in [7, 11) is 1.65. The van der Waals surface area contributed by atoms with E-state index in [0.717, 1.165) is 18.4 Å². The molecule has 2 rings (SSSR count). The Morgan fingerprint density at radius 2 is 1.91 bits per heavy atom. The zero-order valence-electron chi connectivity index (χ0n) is 13.4. The lowest BCUT2D eigenvalue weighted by molar-refractivity contribution is -0.137. The largest absolute Gasteiger partial charge is 0.381 e. The van der Waals surface area contributed by atoms with Gasteiger partial charge in [-0.15, -0.1) is 0 Å². The van der Waals surface area contributed by atoms with Gasteiger partial charge in [0, 0.05) is 25.3 Å². The Labute approximate surface area is 137 Å². The van der Waals surface area contributed by atoms with Crippen LogP contribution in [0.25, 0.3) is 0 Å². The maximum Gasteiger partial charge on any atom is 0.226 e. The number of carbonyl (C=O) groups is 1. The highest BCUT2D eigenvalue weighted by Crippen LogP contribution is 2.31. The SMILES string of the molecule is CO[C@H](c1ccc(Cl)cc1)[C@H](C)NC(=O)C1(C)CCOCC1. The topological polar surface area (TPSA) is 47.6 Å². The van der Waals surface area contributed by atoms with Crippen LogP contribution in [0.3, 0.4) is 0 Å². The fourth-order valence-electron chi connectivity index (χ4n) is 2.79. The molecule has 0 spiro atoms. The Balaban J connectivity index is 2.04. The number of hydrogen-bond acceptors (Lipinski definition) is 3. The van der Waals surface area contributed by atoms with Crippen molar-refractivity contribution in [3.05, 3.63) is 34.9 Å². The predicted molar refractivity (Wildman–Crippen MR) is 87.0 cm³/mol. The van der Waals surface area contributed by atoms with Gasteiger partial charge in [-0.25, -0.2) is 0 Å². The summed E-state index contributed by atoms with van der Waals surface area (Å²) in [6.45, 7) is 5.25. The average Bonchev–Trinajstić information content (AvgIpc) is 2.50. The average molecular weight is 326 g/mol. The summed E-state index contributed by atoms with van der Waals surface area (Å²) in [6, 6.07) is 7.39. The number of benzene rings is 1. The second-order valence-electron chi connectivity index (χ2n) is 6.14. The Morgan fingerprint density at radius 1 is 1.32 bits per heavy atom. The van der Waals surface area contributed by atoms with Gasteiger partial charge in [0.15, 0.2) is 0 Å². The first-order valence-electron chi connectivity index (χ1n) is 7.63. The molecule has 2 atom stereocenters. The van der Waals surface area contributed by atoms with Gasteiger partial charge in [0.25, 0.3) is 0 Å². The predicted octanol–water partition coefficient (Wildman–Crippen LogP) is 3.35. The molecule has 0 saturated carbocycles. The smallest absolute Gasteiger partial charge is 0.226 e. The number of amides is 1. The second-order valence-corrected chi connectivity index (χ2v) is 6.58. The molecule has 1 aromatic carbocycles. The molecule has 1 heterocycles. The van der Waals surface area contributed by atoms with Crippen molar-refractivity contribution in [3.8, 4) is 0 Å². The van der Waals surface area contributed by atoms with Crippen LogP contribution in [0, 0.1) is 5.41 Å². The van der Waals surface area contributed by atoms with Crippen molar-refractivity contribution in [2.45, 2.75) is 38.8 Å². The van der Waals surface area contributed by atoms with E-state index in [1.54, 1.807) is 7.11 Å². The van der Waals surface area contributed by atoms with Crippen molar-refractivity contribution in [1.82, 2.24) is 5.32 Å². The number of methoxy groups -OCH3 is 1.